The molecule has 3 heterocycles. The number of hydrogen-bond acceptors (Lipinski definition) is 1. The number of pyridine rings is 1. The SMILES string of the molecule is CC(C)(C)c1ccc(-n2c3ccccc3c3nc4c(cc32)c2ccccc2n4-c2ccccc2)cc1. The van der Waals surface area contributed by atoms with E-state index in [1.54, 1.807) is 0 Å². The zero-order valence-electron chi connectivity index (χ0n) is 20.7. The molecule has 0 aliphatic heterocycles. The molecule has 0 spiro atoms. The summed E-state index contributed by atoms with van der Waals surface area (Å²) >= 11 is 0. The van der Waals surface area contributed by atoms with E-state index >= 15 is 0 Å². The monoisotopic (exact) mass is 465 g/mol. The molecule has 7 aromatic rings. The Labute approximate surface area is 210 Å². The predicted octanol–water partition coefficient (Wildman–Crippen LogP) is 8.57. The van der Waals surface area contributed by atoms with Crippen LogP contribution in [0.5, 0.6) is 0 Å². The molecule has 0 saturated heterocycles. The molecular weight excluding hydrogens is 438 g/mol. The van der Waals surface area contributed by atoms with Crippen LogP contribution in [0.3, 0.4) is 0 Å². The van der Waals surface area contributed by atoms with Crippen LogP contribution in [0.15, 0.2) is 109 Å². The molecule has 0 aliphatic carbocycles. The Morgan fingerprint density at radius 3 is 1.81 bits per heavy atom. The number of rotatable bonds is 2. The van der Waals surface area contributed by atoms with E-state index in [4.69, 9.17) is 4.98 Å². The van der Waals surface area contributed by atoms with Crippen molar-refractivity contribution in [3.8, 4) is 11.4 Å². The van der Waals surface area contributed by atoms with Gasteiger partial charge in [0.25, 0.3) is 0 Å². The van der Waals surface area contributed by atoms with Crippen LogP contribution >= 0.6 is 0 Å². The molecule has 3 heteroatoms. The van der Waals surface area contributed by atoms with E-state index in [-0.39, 0.29) is 5.41 Å². The molecule has 4 aromatic carbocycles. The van der Waals surface area contributed by atoms with Crippen molar-refractivity contribution in [2.75, 3.05) is 0 Å². The highest BCUT2D eigenvalue weighted by atomic mass is 15.1. The highest BCUT2D eigenvalue weighted by Gasteiger charge is 2.20. The van der Waals surface area contributed by atoms with E-state index in [1.165, 1.54) is 27.4 Å². The summed E-state index contributed by atoms with van der Waals surface area (Å²) in [5.74, 6) is 0. The standard InChI is InChI=1S/C33H27N3/c1-33(2,3)22-17-19-24(20-18-22)35-29-16-10-8-14-26(29)31-30(35)21-27-25-13-7-9-15-28(25)36(32(27)34-31)23-11-5-4-6-12-23/h4-21H,1-3H3. The first-order chi connectivity index (χ1) is 17.5. The zero-order chi connectivity index (χ0) is 24.4. The number of aromatic nitrogens is 3. The Hall–Kier alpha value is -4.37. The van der Waals surface area contributed by atoms with Crippen LogP contribution in [0.2, 0.25) is 0 Å². The molecule has 3 aromatic heterocycles. The molecule has 0 fully saturated rings. The Bertz CT molecular complexity index is 1900. The van der Waals surface area contributed by atoms with Crippen molar-refractivity contribution in [1.29, 1.82) is 0 Å². The van der Waals surface area contributed by atoms with Crippen LogP contribution < -0.4 is 0 Å². The molecule has 0 aliphatic rings. The van der Waals surface area contributed by atoms with Gasteiger partial charge in [0.1, 0.15) is 5.65 Å². The highest BCUT2D eigenvalue weighted by Crippen LogP contribution is 2.37. The average molecular weight is 466 g/mol. The van der Waals surface area contributed by atoms with Gasteiger partial charge in [0.2, 0.25) is 0 Å². The zero-order valence-corrected chi connectivity index (χ0v) is 20.7. The smallest absolute Gasteiger partial charge is 0.146 e. The van der Waals surface area contributed by atoms with Crippen molar-refractivity contribution in [3.63, 3.8) is 0 Å². The van der Waals surface area contributed by atoms with Crippen molar-refractivity contribution in [2.24, 2.45) is 0 Å². The first-order valence-electron chi connectivity index (χ1n) is 12.5. The van der Waals surface area contributed by atoms with E-state index < -0.39 is 0 Å². The lowest BCUT2D eigenvalue weighted by Crippen LogP contribution is -2.10. The Morgan fingerprint density at radius 2 is 1.11 bits per heavy atom. The van der Waals surface area contributed by atoms with Gasteiger partial charge in [-0.15, -0.1) is 0 Å². The van der Waals surface area contributed by atoms with E-state index in [0.29, 0.717) is 0 Å². The summed E-state index contributed by atoms with van der Waals surface area (Å²) in [5.41, 5.74) is 9.21. The van der Waals surface area contributed by atoms with Crippen LogP contribution in [0.25, 0.3) is 55.2 Å². The second-order valence-corrected chi connectivity index (χ2v) is 10.6. The van der Waals surface area contributed by atoms with Crippen LogP contribution in [0.4, 0.5) is 0 Å². The van der Waals surface area contributed by atoms with Crippen molar-refractivity contribution in [3.05, 3.63) is 115 Å². The normalized spacial score (nSPS) is 12.3. The van der Waals surface area contributed by atoms with Crippen molar-refractivity contribution in [2.45, 2.75) is 26.2 Å². The van der Waals surface area contributed by atoms with Crippen LogP contribution in [0.1, 0.15) is 26.3 Å². The number of para-hydroxylation sites is 3. The van der Waals surface area contributed by atoms with Gasteiger partial charge in [-0.05, 0) is 53.4 Å². The Morgan fingerprint density at radius 1 is 0.528 bits per heavy atom. The largest absolute Gasteiger partial charge is 0.308 e. The summed E-state index contributed by atoms with van der Waals surface area (Å²) in [6.07, 6.45) is 0. The lowest BCUT2D eigenvalue weighted by molar-refractivity contribution is 0.590. The van der Waals surface area contributed by atoms with Crippen LogP contribution in [-0.4, -0.2) is 14.1 Å². The summed E-state index contributed by atoms with van der Waals surface area (Å²) in [6.45, 7) is 6.77. The van der Waals surface area contributed by atoms with Gasteiger partial charge in [0, 0.05) is 27.5 Å². The van der Waals surface area contributed by atoms with E-state index in [2.05, 4.69) is 139 Å². The van der Waals surface area contributed by atoms with Gasteiger partial charge in [0.15, 0.2) is 0 Å². The quantitative estimate of drug-likeness (QED) is 0.251. The highest BCUT2D eigenvalue weighted by molar-refractivity contribution is 6.15. The summed E-state index contributed by atoms with van der Waals surface area (Å²) in [7, 11) is 0. The minimum atomic E-state index is 0.117. The molecule has 0 radical (unpaired) electrons. The molecule has 0 bridgehead atoms. The Kier molecular flexibility index (Phi) is 4.40. The summed E-state index contributed by atoms with van der Waals surface area (Å²) < 4.78 is 4.65. The third kappa shape index (κ3) is 3.02. The predicted molar refractivity (Wildman–Crippen MR) is 152 cm³/mol. The second kappa shape index (κ2) is 7.56. The fourth-order valence-electron chi connectivity index (χ4n) is 5.47. The van der Waals surface area contributed by atoms with Crippen LogP contribution in [0, 0.1) is 0 Å². The first kappa shape index (κ1) is 21.0. The fourth-order valence-corrected chi connectivity index (χ4v) is 5.47. The molecule has 0 atom stereocenters. The maximum absolute atomic E-state index is 5.36. The van der Waals surface area contributed by atoms with Gasteiger partial charge in [-0.1, -0.05) is 87.5 Å². The second-order valence-electron chi connectivity index (χ2n) is 10.6. The third-order valence-electron chi connectivity index (χ3n) is 7.28. The number of benzene rings is 4. The molecule has 0 N–H and O–H groups in total. The molecule has 0 amide bonds. The lowest BCUT2D eigenvalue weighted by Gasteiger charge is -2.19. The first-order valence-corrected chi connectivity index (χ1v) is 12.5. The van der Waals surface area contributed by atoms with Gasteiger partial charge < -0.3 is 4.57 Å². The van der Waals surface area contributed by atoms with Crippen molar-refractivity contribution in [1.82, 2.24) is 14.1 Å². The van der Waals surface area contributed by atoms with E-state index in [1.807, 2.05) is 0 Å². The molecule has 36 heavy (non-hydrogen) atoms. The van der Waals surface area contributed by atoms with E-state index in [0.717, 1.165) is 33.4 Å². The minimum Gasteiger partial charge on any atom is -0.308 e. The molecule has 0 saturated carbocycles. The van der Waals surface area contributed by atoms with Gasteiger partial charge in [-0.2, -0.15) is 0 Å². The van der Waals surface area contributed by atoms with Gasteiger partial charge in [-0.3, -0.25) is 4.57 Å². The lowest BCUT2D eigenvalue weighted by atomic mass is 9.87. The average Bonchev–Trinajstić information content (AvgIpc) is 3.40. The topological polar surface area (TPSA) is 22.8 Å². The number of hydrogen-bond donors (Lipinski definition) is 0. The summed E-state index contributed by atoms with van der Waals surface area (Å²) in [5, 5.41) is 3.54. The van der Waals surface area contributed by atoms with Gasteiger partial charge in [0.05, 0.1) is 22.1 Å². The van der Waals surface area contributed by atoms with Crippen molar-refractivity contribution < 1.29 is 0 Å². The molecule has 7 rings (SSSR count). The minimum absolute atomic E-state index is 0.117. The molecular formula is C33H27N3. The summed E-state index contributed by atoms with van der Waals surface area (Å²) in [6, 6.07) is 39.1. The third-order valence-corrected chi connectivity index (χ3v) is 7.28. The number of nitrogens with zero attached hydrogens (tertiary/aromatic N) is 3. The molecule has 3 nitrogen and oxygen atoms in total. The van der Waals surface area contributed by atoms with Gasteiger partial charge >= 0.3 is 0 Å². The van der Waals surface area contributed by atoms with E-state index in [9.17, 15) is 0 Å². The van der Waals surface area contributed by atoms with Crippen molar-refractivity contribution >= 4 is 43.9 Å². The fraction of sp³-hybridized carbons (Fsp3) is 0.121. The number of fused-ring (bicyclic) bond motifs is 6. The van der Waals surface area contributed by atoms with Gasteiger partial charge in [-0.25, -0.2) is 4.98 Å². The summed E-state index contributed by atoms with van der Waals surface area (Å²) in [4.78, 5) is 5.36. The maximum Gasteiger partial charge on any atom is 0.146 e. The maximum atomic E-state index is 5.36. The molecule has 0 unspecified atom stereocenters. The molecule has 174 valence electrons. The van der Waals surface area contributed by atoms with Crippen LogP contribution in [-0.2, 0) is 5.41 Å². The Balaban J connectivity index is 1.60.